The molecule has 26 heavy (non-hydrogen) atoms. The van der Waals surface area contributed by atoms with E-state index in [1.54, 1.807) is 32.4 Å². The number of benzene rings is 2. The van der Waals surface area contributed by atoms with E-state index >= 15 is 0 Å². The van der Waals surface area contributed by atoms with Crippen LogP contribution in [-0.4, -0.2) is 26.7 Å². The number of para-hydroxylation sites is 1. The molecule has 2 N–H and O–H groups in total. The van der Waals surface area contributed by atoms with Crippen LogP contribution in [0, 0.1) is 0 Å². The van der Waals surface area contributed by atoms with Crippen molar-refractivity contribution in [2.24, 2.45) is 0 Å². The van der Waals surface area contributed by atoms with E-state index < -0.39 is 0 Å². The second-order valence-corrected chi connectivity index (χ2v) is 7.09. The number of hydrogen-bond acceptors (Lipinski definition) is 4. The van der Waals surface area contributed by atoms with Gasteiger partial charge in [-0.05, 0) is 29.2 Å². The Labute approximate surface area is 155 Å². The highest BCUT2D eigenvalue weighted by atomic mass is 16.5. The standard InChI is InChI=1S/C21H28N2O3/c1-21(2,3)16-8-6-7-9-17(16)22-13-12-20(24)23-15-10-11-18(25-4)19(14-15)26-5/h6-11,14,22H,12-13H2,1-5H3,(H,23,24). The second kappa shape index (κ2) is 8.61. The van der Waals surface area contributed by atoms with Crippen LogP contribution in [0.5, 0.6) is 11.5 Å². The highest BCUT2D eigenvalue weighted by Crippen LogP contribution is 2.30. The van der Waals surface area contributed by atoms with Crippen LogP contribution < -0.4 is 20.1 Å². The fourth-order valence-electron chi connectivity index (χ4n) is 2.74. The number of rotatable bonds is 7. The van der Waals surface area contributed by atoms with Crippen molar-refractivity contribution in [1.29, 1.82) is 0 Å². The first-order valence-corrected chi connectivity index (χ1v) is 8.70. The van der Waals surface area contributed by atoms with E-state index in [9.17, 15) is 4.79 Å². The van der Waals surface area contributed by atoms with Gasteiger partial charge < -0.3 is 20.1 Å². The normalized spacial score (nSPS) is 11.0. The van der Waals surface area contributed by atoms with Gasteiger partial charge in [0, 0.05) is 30.4 Å². The van der Waals surface area contributed by atoms with Crippen molar-refractivity contribution in [3.63, 3.8) is 0 Å². The van der Waals surface area contributed by atoms with Gasteiger partial charge in [0.05, 0.1) is 14.2 Å². The lowest BCUT2D eigenvalue weighted by Crippen LogP contribution is -2.19. The van der Waals surface area contributed by atoms with E-state index in [4.69, 9.17) is 9.47 Å². The molecule has 0 fully saturated rings. The van der Waals surface area contributed by atoms with Crippen LogP contribution >= 0.6 is 0 Å². The second-order valence-electron chi connectivity index (χ2n) is 7.09. The SMILES string of the molecule is COc1ccc(NC(=O)CCNc2ccccc2C(C)(C)C)cc1OC. The summed E-state index contributed by atoms with van der Waals surface area (Å²) in [5, 5.41) is 6.26. The van der Waals surface area contributed by atoms with Gasteiger partial charge >= 0.3 is 0 Å². The van der Waals surface area contributed by atoms with Gasteiger partial charge in [0.2, 0.25) is 5.91 Å². The Morgan fingerprint density at radius 2 is 1.69 bits per heavy atom. The van der Waals surface area contributed by atoms with Crippen LogP contribution in [0.4, 0.5) is 11.4 Å². The lowest BCUT2D eigenvalue weighted by Gasteiger charge is -2.23. The zero-order valence-electron chi connectivity index (χ0n) is 16.2. The number of nitrogens with one attached hydrogen (secondary N) is 2. The third-order valence-electron chi connectivity index (χ3n) is 4.07. The van der Waals surface area contributed by atoms with Crippen molar-refractivity contribution in [3.8, 4) is 11.5 Å². The number of ether oxygens (including phenoxy) is 2. The summed E-state index contributed by atoms with van der Waals surface area (Å²) in [7, 11) is 3.15. The highest BCUT2D eigenvalue weighted by molar-refractivity contribution is 5.91. The number of hydrogen-bond donors (Lipinski definition) is 2. The maximum atomic E-state index is 12.2. The summed E-state index contributed by atoms with van der Waals surface area (Å²) < 4.78 is 10.5. The number of amides is 1. The molecule has 0 aliphatic heterocycles. The molecule has 0 aliphatic carbocycles. The van der Waals surface area contributed by atoms with Crippen molar-refractivity contribution >= 4 is 17.3 Å². The molecular formula is C21H28N2O3. The molecule has 0 aliphatic rings. The zero-order valence-corrected chi connectivity index (χ0v) is 16.2. The number of anilines is 2. The van der Waals surface area contributed by atoms with E-state index in [0.29, 0.717) is 30.2 Å². The van der Waals surface area contributed by atoms with E-state index in [1.165, 1.54) is 5.56 Å². The molecule has 0 unspecified atom stereocenters. The summed E-state index contributed by atoms with van der Waals surface area (Å²) in [6.07, 6.45) is 0.368. The first kappa shape index (κ1) is 19.6. The average Bonchev–Trinajstić information content (AvgIpc) is 2.61. The molecule has 0 saturated carbocycles. The Balaban J connectivity index is 1.92. The van der Waals surface area contributed by atoms with Gasteiger partial charge in [0.1, 0.15) is 0 Å². The maximum Gasteiger partial charge on any atom is 0.226 e. The molecule has 0 heterocycles. The van der Waals surface area contributed by atoms with Crippen LogP contribution in [0.25, 0.3) is 0 Å². The third kappa shape index (κ3) is 5.15. The quantitative estimate of drug-likeness (QED) is 0.770. The molecule has 0 bridgehead atoms. The van der Waals surface area contributed by atoms with E-state index in [1.807, 2.05) is 18.2 Å². The van der Waals surface area contributed by atoms with Crippen LogP contribution in [0.1, 0.15) is 32.8 Å². The average molecular weight is 356 g/mol. The molecular weight excluding hydrogens is 328 g/mol. The zero-order chi connectivity index (χ0) is 19.2. The maximum absolute atomic E-state index is 12.2. The van der Waals surface area contributed by atoms with Crippen molar-refractivity contribution in [2.45, 2.75) is 32.6 Å². The van der Waals surface area contributed by atoms with Crippen molar-refractivity contribution in [2.75, 3.05) is 31.4 Å². The van der Waals surface area contributed by atoms with E-state index in [2.05, 4.69) is 37.5 Å². The summed E-state index contributed by atoms with van der Waals surface area (Å²) in [6, 6.07) is 13.5. The smallest absolute Gasteiger partial charge is 0.226 e. The van der Waals surface area contributed by atoms with Gasteiger partial charge in [-0.1, -0.05) is 39.0 Å². The fraction of sp³-hybridized carbons (Fsp3) is 0.381. The number of carbonyl (C=O) groups is 1. The summed E-state index contributed by atoms with van der Waals surface area (Å²) in [5.41, 5.74) is 3.04. The molecule has 5 nitrogen and oxygen atoms in total. The predicted molar refractivity (Wildman–Crippen MR) is 106 cm³/mol. The third-order valence-corrected chi connectivity index (χ3v) is 4.07. The van der Waals surface area contributed by atoms with Crippen molar-refractivity contribution in [1.82, 2.24) is 0 Å². The molecule has 2 aromatic carbocycles. The topological polar surface area (TPSA) is 59.6 Å². The van der Waals surface area contributed by atoms with Crippen molar-refractivity contribution in [3.05, 3.63) is 48.0 Å². The molecule has 5 heteroatoms. The highest BCUT2D eigenvalue weighted by Gasteiger charge is 2.17. The Morgan fingerprint density at radius 1 is 1.00 bits per heavy atom. The summed E-state index contributed by atoms with van der Waals surface area (Å²) in [6.45, 7) is 7.10. The molecule has 0 radical (unpaired) electrons. The van der Waals surface area contributed by atoms with Gasteiger partial charge in [0.25, 0.3) is 0 Å². The molecule has 2 rings (SSSR count). The number of methoxy groups -OCH3 is 2. The lowest BCUT2D eigenvalue weighted by atomic mass is 9.86. The Hall–Kier alpha value is -2.69. The molecule has 2 aromatic rings. The first-order chi connectivity index (χ1) is 12.3. The van der Waals surface area contributed by atoms with Gasteiger partial charge in [-0.3, -0.25) is 4.79 Å². The minimum absolute atomic E-state index is 0.0471. The Kier molecular flexibility index (Phi) is 6.50. The van der Waals surface area contributed by atoms with E-state index in [0.717, 1.165) is 5.69 Å². The predicted octanol–water partition coefficient (Wildman–Crippen LogP) is 4.44. The largest absolute Gasteiger partial charge is 0.493 e. The van der Waals surface area contributed by atoms with Gasteiger partial charge in [-0.2, -0.15) is 0 Å². The van der Waals surface area contributed by atoms with Gasteiger partial charge in [-0.25, -0.2) is 0 Å². The lowest BCUT2D eigenvalue weighted by molar-refractivity contribution is -0.115. The van der Waals surface area contributed by atoms with Gasteiger partial charge in [-0.15, -0.1) is 0 Å². The molecule has 0 spiro atoms. The Morgan fingerprint density at radius 3 is 2.35 bits per heavy atom. The van der Waals surface area contributed by atoms with Crippen molar-refractivity contribution < 1.29 is 14.3 Å². The van der Waals surface area contributed by atoms with Gasteiger partial charge in [0.15, 0.2) is 11.5 Å². The van der Waals surface area contributed by atoms with E-state index in [-0.39, 0.29) is 11.3 Å². The fourth-order valence-corrected chi connectivity index (χ4v) is 2.74. The number of carbonyl (C=O) groups excluding carboxylic acids is 1. The Bertz CT molecular complexity index is 751. The summed E-state index contributed by atoms with van der Waals surface area (Å²) >= 11 is 0. The molecule has 1 amide bonds. The van der Waals surface area contributed by atoms with Crippen LogP contribution in [0.3, 0.4) is 0 Å². The first-order valence-electron chi connectivity index (χ1n) is 8.70. The van der Waals surface area contributed by atoms with Crippen LogP contribution in [0.2, 0.25) is 0 Å². The molecule has 0 aromatic heterocycles. The van der Waals surface area contributed by atoms with Crippen LogP contribution in [-0.2, 0) is 10.2 Å². The summed E-state index contributed by atoms with van der Waals surface area (Å²) in [5.74, 6) is 1.16. The van der Waals surface area contributed by atoms with Crippen LogP contribution in [0.15, 0.2) is 42.5 Å². The minimum atomic E-state index is -0.0574. The summed E-state index contributed by atoms with van der Waals surface area (Å²) in [4.78, 5) is 12.2. The minimum Gasteiger partial charge on any atom is -0.493 e. The monoisotopic (exact) mass is 356 g/mol. The molecule has 0 atom stereocenters. The molecule has 140 valence electrons. The molecule has 0 saturated heterocycles.